The number of benzene rings is 2. The maximum absolute atomic E-state index is 9.39. The van der Waals surface area contributed by atoms with Crippen LogP contribution in [0, 0.1) is 0 Å². The van der Waals surface area contributed by atoms with Crippen LogP contribution in [-0.2, 0) is 4.84 Å². The Balaban J connectivity index is 1.74. The fraction of sp³-hybridized carbons (Fsp3) is 0.263. The average molecular weight is 398 g/mol. The molecular weight excluding hydrogens is 377 g/mol. The number of phenols is 1. The Kier molecular flexibility index (Phi) is 7.91. The molecule has 5 nitrogen and oxygen atoms in total. The number of aromatic hydroxyl groups is 1. The van der Waals surface area contributed by atoms with E-state index < -0.39 is 0 Å². The van der Waals surface area contributed by atoms with Gasteiger partial charge in [0.2, 0.25) is 0 Å². The summed E-state index contributed by atoms with van der Waals surface area (Å²) in [5.41, 5.74) is 4.38. The van der Waals surface area contributed by atoms with E-state index in [-0.39, 0.29) is 15.8 Å². The molecular formula is C19H21Cl2NO4. The maximum Gasteiger partial charge on any atom is 0.156 e. The molecule has 0 aliphatic rings. The van der Waals surface area contributed by atoms with Crippen molar-refractivity contribution in [3.8, 4) is 17.2 Å². The van der Waals surface area contributed by atoms with Gasteiger partial charge in [-0.05, 0) is 36.8 Å². The van der Waals surface area contributed by atoms with Gasteiger partial charge in [0.25, 0.3) is 0 Å². The Hall–Kier alpha value is -2.08. The smallest absolute Gasteiger partial charge is 0.156 e. The molecule has 0 heterocycles. The standard InChI is InChI=1S/C19H21Cl2NO4/c1-3-26-22-13(2)14-5-7-16(8-6-14)24-9-4-10-25-19-17(20)11-15(23)12-18(19)21/h5-8,11-12,22-23H,2-4,9-10H2,1H3. The first-order valence-corrected chi connectivity index (χ1v) is 8.87. The molecule has 0 aromatic heterocycles. The second kappa shape index (κ2) is 10.2. The van der Waals surface area contributed by atoms with E-state index in [0.717, 1.165) is 11.3 Å². The summed E-state index contributed by atoms with van der Waals surface area (Å²) in [5.74, 6) is 1.10. The van der Waals surface area contributed by atoms with Crippen LogP contribution in [0.5, 0.6) is 17.2 Å². The average Bonchev–Trinajstić information content (AvgIpc) is 2.61. The van der Waals surface area contributed by atoms with Gasteiger partial charge in [0, 0.05) is 18.6 Å². The zero-order valence-electron chi connectivity index (χ0n) is 14.4. The highest BCUT2D eigenvalue weighted by atomic mass is 35.5. The van der Waals surface area contributed by atoms with Crippen LogP contribution >= 0.6 is 23.2 Å². The van der Waals surface area contributed by atoms with E-state index in [1.165, 1.54) is 12.1 Å². The third-order valence-corrected chi connectivity index (χ3v) is 3.89. The van der Waals surface area contributed by atoms with Crippen LogP contribution in [0.1, 0.15) is 18.9 Å². The van der Waals surface area contributed by atoms with Gasteiger partial charge in [-0.25, -0.2) is 0 Å². The molecule has 0 saturated carbocycles. The molecule has 2 rings (SSSR count). The minimum Gasteiger partial charge on any atom is -0.508 e. The van der Waals surface area contributed by atoms with Crippen molar-refractivity contribution in [3.05, 3.63) is 58.6 Å². The molecule has 0 radical (unpaired) electrons. The first kappa shape index (κ1) is 20.2. The van der Waals surface area contributed by atoms with Gasteiger partial charge in [0.15, 0.2) is 5.75 Å². The van der Waals surface area contributed by atoms with Gasteiger partial charge in [-0.15, -0.1) is 0 Å². The van der Waals surface area contributed by atoms with Crippen LogP contribution in [-0.4, -0.2) is 24.9 Å². The molecule has 0 fully saturated rings. The van der Waals surface area contributed by atoms with E-state index in [1.807, 2.05) is 31.2 Å². The predicted molar refractivity (Wildman–Crippen MR) is 104 cm³/mol. The lowest BCUT2D eigenvalue weighted by atomic mass is 10.2. The second-order valence-corrected chi connectivity index (χ2v) is 6.14. The molecule has 0 bridgehead atoms. The molecule has 0 spiro atoms. The normalized spacial score (nSPS) is 10.4. The quantitative estimate of drug-likeness (QED) is 0.433. The van der Waals surface area contributed by atoms with Gasteiger partial charge in [-0.3, -0.25) is 10.3 Å². The second-order valence-electron chi connectivity index (χ2n) is 5.33. The van der Waals surface area contributed by atoms with E-state index in [4.69, 9.17) is 37.5 Å². The van der Waals surface area contributed by atoms with Crippen molar-refractivity contribution in [3.63, 3.8) is 0 Å². The number of ether oxygens (including phenoxy) is 2. The van der Waals surface area contributed by atoms with Crippen molar-refractivity contribution in [2.75, 3.05) is 19.8 Å². The summed E-state index contributed by atoms with van der Waals surface area (Å²) in [6.45, 7) is 7.21. The lowest BCUT2D eigenvalue weighted by Gasteiger charge is -2.12. The third-order valence-electron chi connectivity index (χ3n) is 3.33. The van der Waals surface area contributed by atoms with E-state index in [9.17, 15) is 5.11 Å². The fourth-order valence-corrected chi connectivity index (χ4v) is 2.66. The maximum atomic E-state index is 9.39. The van der Waals surface area contributed by atoms with Gasteiger partial charge in [0.1, 0.15) is 11.5 Å². The van der Waals surface area contributed by atoms with Crippen molar-refractivity contribution in [2.24, 2.45) is 0 Å². The lowest BCUT2D eigenvalue weighted by Crippen LogP contribution is -2.11. The molecule has 0 amide bonds. The highest BCUT2D eigenvalue weighted by Crippen LogP contribution is 2.36. The molecule has 7 heteroatoms. The number of hydrogen-bond acceptors (Lipinski definition) is 5. The van der Waals surface area contributed by atoms with E-state index in [2.05, 4.69) is 12.1 Å². The van der Waals surface area contributed by atoms with Crippen LogP contribution in [0.4, 0.5) is 0 Å². The number of nitrogens with one attached hydrogen (secondary N) is 1. The topological polar surface area (TPSA) is 60.0 Å². The highest BCUT2D eigenvalue weighted by Gasteiger charge is 2.09. The van der Waals surface area contributed by atoms with E-state index in [1.54, 1.807) is 0 Å². The van der Waals surface area contributed by atoms with Crippen molar-refractivity contribution in [1.29, 1.82) is 0 Å². The molecule has 2 N–H and O–H groups in total. The lowest BCUT2D eigenvalue weighted by molar-refractivity contribution is 0.0901. The van der Waals surface area contributed by atoms with Gasteiger partial charge >= 0.3 is 0 Å². The van der Waals surface area contributed by atoms with Gasteiger partial charge in [-0.1, -0.05) is 29.8 Å². The summed E-state index contributed by atoms with van der Waals surface area (Å²) in [4.78, 5) is 5.10. The summed E-state index contributed by atoms with van der Waals surface area (Å²) < 4.78 is 11.2. The predicted octanol–water partition coefficient (Wildman–Crippen LogP) is 5.06. The first-order chi connectivity index (χ1) is 12.5. The molecule has 0 unspecified atom stereocenters. The van der Waals surface area contributed by atoms with Crippen LogP contribution < -0.4 is 15.0 Å². The highest BCUT2D eigenvalue weighted by molar-refractivity contribution is 6.37. The molecule has 0 aliphatic heterocycles. The summed E-state index contributed by atoms with van der Waals surface area (Å²) in [6, 6.07) is 10.3. The fourth-order valence-electron chi connectivity index (χ4n) is 2.08. The monoisotopic (exact) mass is 397 g/mol. The van der Waals surface area contributed by atoms with Crippen molar-refractivity contribution >= 4 is 28.9 Å². The zero-order chi connectivity index (χ0) is 18.9. The van der Waals surface area contributed by atoms with Gasteiger partial charge in [0.05, 0.1) is 35.6 Å². The first-order valence-electron chi connectivity index (χ1n) is 8.12. The van der Waals surface area contributed by atoms with Crippen molar-refractivity contribution in [2.45, 2.75) is 13.3 Å². The summed E-state index contributed by atoms with van der Waals surface area (Å²) >= 11 is 12.0. The Labute approximate surface area is 163 Å². The molecule has 2 aromatic carbocycles. The van der Waals surface area contributed by atoms with Crippen molar-refractivity contribution < 1.29 is 19.4 Å². The molecule has 26 heavy (non-hydrogen) atoms. The van der Waals surface area contributed by atoms with Crippen molar-refractivity contribution in [1.82, 2.24) is 5.48 Å². The zero-order valence-corrected chi connectivity index (χ0v) is 15.9. The number of hydrogen-bond donors (Lipinski definition) is 2. The number of hydroxylamine groups is 1. The molecule has 0 saturated heterocycles. The molecule has 140 valence electrons. The molecule has 0 aliphatic carbocycles. The SMILES string of the molecule is C=C(NOCC)c1ccc(OCCCOc2c(Cl)cc(O)cc2Cl)cc1. The Morgan fingerprint density at radius 2 is 1.69 bits per heavy atom. The minimum atomic E-state index is -0.00160. The molecule has 0 atom stereocenters. The van der Waals surface area contributed by atoms with Gasteiger partial charge in [-0.2, -0.15) is 0 Å². The minimum absolute atomic E-state index is 0.00160. The van der Waals surface area contributed by atoms with Crippen LogP contribution in [0.2, 0.25) is 10.0 Å². The summed E-state index contributed by atoms with van der Waals surface area (Å²) in [5, 5.41) is 9.93. The molecule has 2 aromatic rings. The number of phenolic OH excluding ortho intramolecular Hbond substituents is 1. The van der Waals surface area contributed by atoms with Crippen LogP contribution in [0.15, 0.2) is 43.0 Å². The Morgan fingerprint density at radius 1 is 1.08 bits per heavy atom. The van der Waals surface area contributed by atoms with Crippen LogP contribution in [0.25, 0.3) is 5.70 Å². The third kappa shape index (κ3) is 6.02. The summed E-state index contributed by atoms with van der Waals surface area (Å²) in [7, 11) is 0. The van der Waals surface area contributed by atoms with E-state index >= 15 is 0 Å². The van der Waals surface area contributed by atoms with Crippen LogP contribution in [0.3, 0.4) is 0 Å². The van der Waals surface area contributed by atoms with Gasteiger partial charge < -0.3 is 14.6 Å². The summed E-state index contributed by atoms with van der Waals surface area (Å²) in [6.07, 6.45) is 0.647. The Bertz CT molecular complexity index is 712. The Morgan fingerprint density at radius 3 is 2.31 bits per heavy atom. The largest absolute Gasteiger partial charge is 0.508 e. The number of halogens is 2. The van der Waals surface area contributed by atoms with E-state index in [0.29, 0.717) is 37.7 Å². The number of rotatable bonds is 10.